The third-order valence-corrected chi connectivity index (χ3v) is 1.58. The Kier molecular flexibility index (Phi) is 2.84. The van der Waals surface area contributed by atoms with Gasteiger partial charge in [-0.25, -0.2) is 4.98 Å². The Morgan fingerprint density at radius 3 is 2.92 bits per heavy atom. The highest BCUT2D eigenvalue weighted by atomic mass is 16.1. The lowest BCUT2D eigenvalue weighted by Crippen LogP contribution is -2.23. The Balaban J connectivity index is 2.44. The third kappa shape index (κ3) is 2.74. The molecule has 4 nitrogen and oxygen atoms in total. The van der Waals surface area contributed by atoms with Gasteiger partial charge in [0.2, 0.25) is 5.91 Å². The number of carbonyl (C=O) groups is 1. The first kappa shape index (κ1) is 9.51. The van der Waals surface area contributed by atoms with Gasteiger partial charge in [0.25, 0.3) is 0 Å². The zero-order valence-corrected chi connectivity index (χ0v) is 7.85. The van der Waals surface area contributed by atoms with Crippen LogP contribution in [0.1, 0.15) is 18.4 Å². The Hall–Kier alpha value is -1.58. The van der Waals surface area contributed by atoms with Crippen LogP contribution in [-0.2, 0) is 11.3 Å². The van der Waals surface area contributed by atoms with E-state index in [-0.39, 0.29) is 5.91 Å². The van der Waals surface area contributed by atoms with Crippen molar-refractivity contribution in [3.8, 4) is 0 Å². The summed E-state index contributed by atoms with van der Waals surface area (Å²) in [5.74, 6) is 0.715. The molecule has 0 radical (unpaired) electrons. The smallest absolute Gasteiger partial charge is 0.246 e. The maximum absolute atomic E-state index is 11.1. The lowest BCUT2D eigenvalue weighted by atomic mass is 10.3. The molecule has 0 spiro atoms. The summed E-state index contributed by atoms with van der Waals surface area (Å²) in [7, 11) is 0. The second-order valence-electron chi connectivity index (χ2n) is 2.96. The minimum atomic E-state index is -0.132. The van der Waals surface area contributed by atoms with Crippen LogP contribution < -0.4 is 5.32 Å². The third-order valence-electron chi connectivity index (χ3n) is 1.58. The van der Waals surface area contributed by atoms with Gasteiger partial charge in [-0.15, -0.1) is 0 Å². The fourth-order valence-electron chi connectivity index (χ4n) is 0.888. The monoisotopic (exact) mass is 179 g/mol. The van der Waals surface area contributed by atoms with Crippen LogP contribution in [0.4, 0.5) is 0 Å². The summed E-state index contributed by atoms with van der Waals surface area (Å²) in [5, 5.41) is 2.70. The Morgan fingerprint density at radius 1 is 1.77 bits per heavy atom. The number of rotatable bonds is 3. The number of hydrogen-bond donors (Lipinski definition) is 2. The van der Waals surface area contributed by atoms with E-state index in [0.29, 0.717) is 12.1 Å². The van der Waals surface area contributed by atoms with E-state index in [9.17, 15) is 4.79 Å². The lowest BCUT2D eigenvalue weighted by molar-refractivity contribution is -0.117. The lowest BCUT2D eigenvalue weighted by Gasteiger charge is -2.01. The second kappa shape index (κ2) is 3.89. The molecule has 4 heteroatoms. The van der Waals surface area contributed by atoms with Crippen LogP contribution in [0.25, 0.3) is 0 Å². The van der Waals surface area contributed by atoms with Crippen molar-refractivity contribution in [2.75, 3.05) is 0 Å². The van der Waals surface area contributed by atoms with Gasteiger partial charge in [0.15, 0.2) is 0 Å². The number of hydrogen-bond acceptors (Lipinski definition) is 2. The quantitative estimate of drug-likeness (QED) is 0.677. The maximum atomic E-state index is 11.1. The minimum Gasteiger partial charge on any atom is -0.347 e. The van der Waals surface area contributed by atoms with Crippen LogP contribution in [0.3, 0.4) is 0 Å². The van der Waals surface area contributed by atoms with Gasteiger partial charge in [0.1, 0.15) is 5.82 Å². The first-order valence-corrected chi connectivity index (χ1v) is 4.04. The molecule has 0 atom stereocenters. The van der Waals surface area contributed by atoms with Crippen LogP contribution in [0.15, 0.2) is 18.3 Å². The highest BCUT2D eigenvalue weighted by Crippen LogP contribution is 1.95. The molecule has 1 aromatic heterocycles. The van der Waals surface area contributed by atoms with Crippen LogP contribution in [0.2, 0.25) is 0 Å². The fraction of sp³-hybridized carbons (Fsp3) is 0.333. The molecule has 13 heavy (non-hydrogen) atoms. The van der Waals surface area contributed by atoms with E-state index in [4.69, 9.17) is 0 Å². The van der Waals surface area contributed by atoms with Crippen molar-refractivity contribution in [3.05, 3.63) is 29.9 Å². The number of H-pyrrole nitrogens is 1. The van der Waals surface area contributed by atoms with Crippen molar-refractivity contribution < 1.29 is 4.79 Å². The van der Waals surface area contributed by atoms with Crippen molar-refractivity contribution in [3.63, 3.8) is 0 Å². The molecule has 70 valence electrons. The van der Waals surface area contributed by atoms with E-state index in [2.05, 4.69) is 21.9 Å². The minimum absolute atomic E-state index is 0.132. The molecule has 0 fully saturated rings. The Morgan fingerprint density at radius 2 is 2.46 bits per heavy atom. The largest absolute Gasteiger partial charge is 0.347 e. The Labute approximate surface area is 77.1 Å². The number of nitrogens with zero attached hydrogens (tertiary/aromatic N) is 1. The summed E-state index contributed by atoms with van der Waals surface area (Å²) >= 11 is 0. The molecule has 0 aliphatic rings. The highest BCUT2D eigenvalue weighted by molar-refractivity contribution is 5.91. The molecule has 1 amide bonds. The zero-order chi connectivity index (χ0) is 9.84. The van der Waals surface area contributed by atoms with Crippen LogP contribution in [0, 0.1) is 6.92 Å². The molecule has 1 rings (SSSR count). The molecule has 0 saturated heterocycles. The van der Waals surface area contributed by atoms with E-state index >= 15 is 0 Å². The fourth-order valence-corrected chi connectivity index (χ4v) is 0.888. The molecular formula is C9H13N3O. The molecule has 0 aliphatic carbocycles. The molecule has 0 bridgehead atoms. The molecule has 1 heterocycles. The van der Waals surface area contributed by atoms with Gasteiger partial charge in [-0.3, -0.25) is 4.79 Å². The SMILES string of the molecule is C=C(C)C(=O)NCc1cnc(C)[nH]1. The van der Waals surface area contributed by atoms with Gasteiger partial charge in [0, 0.05) is 5.57 Å². The predicted octanol–water partition coefficient (Wildman–Crippen LogP) is 0.910. The summed E-state index contributed by atoms with van der Waals surface area (Å²) in [6, 6.07) is 0. The standard InChI is InChI=1S/C9H13N3O/c1-6(2)9(13)11-5-8-4-10-7(3)12-8/h4H,1,5H2,2-3H3,(H,10,12)(H,11,13). The maximum Gasteiger partial charge on any atom is 0.246 e. The number of imidazole rings is 1. The molecule has 0 unspecified atom stereocenters. The molecule has 0 saturated carbocycles. The first-order valence-electron chi connectivity index (χ1n) is 4.04. The number of aromatic nitrogens is 2. The van der Waals surface area contributed by atoms with E-state index in [1.807, 2.05) is 6.92 Å². The van der Waals surface area contributed by atoms with Gasteiger partial charge in [0.05, 0.1) is 18.4 Å². The summed E-state index contributed by atoms with van der Waals surface area (Å²) in [5.41, 5.74) is 1.41. The van der Waals surface area contributed by atoms with Crippen LogP contribution >= 0.6 is 0 Å². The molecule has 0 aromatic carbocycles. The molecular weight excluding hydrogens is 166 g/mol. The van der Waals surface area contributed by atoms with E-state index in [1.165, 1.54) is 0 Å². The second-order valence-corrected chi connectivity index (χ2v) is 2.96. The summed E-state index contributed by atoms with van der Waals surface area (Å²) in [6.45, 7) is 7.54. The number of aryl methyl sites for hydroxylation is 1. The number of amides is 1. The van der Waals surface area contributed by atoms with Gasteiger partial charge in [-0.2, -0.15) is 0 Å². The van der Waals surface area contributed by atoms with Crippen molar-refractivity contribution in [2.45, 2.75) is 20.4 Å². The number of aromatic amines is 1. The van der Waals surface area contributed by atoms with Crippen LogP contribution in [-0.4, -0.2) is 15.9 Å². The summed E-state index contributed by atoms with van der Waals surface area (Å²) in [6.07, 6.45) is 1.70. The topological polar surface area (TPSA) is 57.8 Å². The van der Waals surface area contributed by atoms with Crippen molar-refractivity contribution in [1.82, 2.24) is 15.3 Å². The zero-order valence-electron chi connectivity index (χ0n) is 7.85. The molecule has 2 N–H and O–H groups in total. The number of nitrogens with one attached hydrogen (secondary N) is 2. The van der Waals surface area contributed by atoms with Gasteiger partial charge in [-0.05, 0) is 13.8 Å². The van der Waals surface area contributed by atoms with Crippen molar-refractivity contribution in [1.29, 1.82) is 0 Å². The van der Waals surface area contributed by atoms with Crippen LogP contribution in [0.5, 0.6) is 0 Å². The predicted molar refractivity (Wildman–Crippen MR) is 50.0 cm³/mol. The number of carbonyl (C=O) groups excluding carboxylic acids is 1. The van der Waals surface area contributed by atoms with Gasteiger partial charge < -0.3 is 10.3 Å². The van der Waals surface area contributed by atoms with E-state index in [1.54, 1.807) is 13.1 Å². The summed E-state index contributed by atoms with van der Waals surface area (Å²) in [4.78, 5) is 18.1. The van der Waals surface area contributed by atoms with Gasteiger partial charge >= 0.3 is 0 Å². The first-order chi connectivity index (χ1) is 6.09. The molecule has 1 aromatic rings. The average molecular weight is 179 g/mol. The average Bonchev–Trinajstić information content (AvgIpc) is 2.47. The van der Waals surface area contributed by atoms with Crippen molar-refractivity contribution in [2.24, 2.45) is 0 Å². The van der Waals surface area contributed by atoms with E-state index in [0.717, 1.165) is 11.5 Å². The normalized spacial score (nSPS) is 9.69. The highest BCUT2D eigenvalue weighted by Gasteiger charge is 2.01. The summed E-state index contributed by atoms with van der Waals surface area (Å²) < 4.78 is 0. The van der Waals surface area contributed by atoms with E-state index < -0.39 is 0 Å². The Bertz CT molecular complexity index is 327. The van der Waals surface area contributed by atoms with Crippen molar-refractivity contribution >= 4 is 5.91 Å². The van der Waals surface area contributed by atoms with Gasteiger partial charge in [-0.1, -0.05) is 6.58 Å². The molecule has 0 aliphatic heterocycles.